The fraction of sp³-hybridized carbons (Fsp3) is 0.286. The molecule has 0 heterocycles. The molecule has 0 bridgehead atoms. The number of nitrogens with one attached hydrogen (secondary N) is 1. The third-order valence-corrected chi connectivity index (χ3v) is 8.41. The van der Waals surface area contributed by atoms with Crippen molar-refractivity contribution in [2.75, 3.05) is 17.9 Å². The minimum atomic E-state index is -4.14. The number of benzene rings is 3. The number of likely N-dealkylation sites (N-methyl/N-ethyl adjacent to an activating group) is 1. The number of rotatable bonds is 10. The highest BCUT2D eigenvalue weighted by Crippen LogP contribution is 2.31. The van der Waals surface area contributed by atoms with Gasteiger partial charge >= 0.3 is 0 Å². The van der Waals surface area contributed by atoms with Gasteiger partial charge in [-0.1, -0.05) is 72.6 Å². The third-order valence-electron chi connectivity index (χ3n) is 6.22. The van der Waals surface area contributed by atoms with Crippen LogP contribution in [0, 0.1) is 13.8 Å². The van der Waals surface area contributed by atoms with E-state index in [0.717, 1.165) is 15.4 Å². The van der Waals surface area contributed by atoms with Gasteiger partial charge in [0.15, 0.2) is 0 Å². The SMILES string of the molecule is CC[C@@H](C(=O)NC)N(Cc1ccccc1)C(=O)CN(c1cccc(Cl)c1C)S(=O)(=O)c1ccc(C)cc1. The number of amides is 2. The topological polar surface area (TPSA) is 86.8 Å². The first-order valence-electron chi connectivity index (χ1n) is 12.0. The monoisotopic (exact) mass is 541 g/mol. The maximum Gasteiger partial charge on any atom is 0.264 e. The molecule has 9 heteroatoms. The van der Waals surface area contributed by atoms with Crippen molar-refractivity contribution in [3.8, 4) is 0 Å². The molecule has 0 aromatic heterocycles. The summed E-state index contributed by atoms with van der Waals surface area (Å²) in [6, 6.07) is 19.9. The summed E-state index contributed by atoms with van der Waals surface area (Å²) >= 11 is 6.34. The molecule has 3 aromatic carbocycles. The van der Waals surface area contributed by atoms with Gasteiger partial charge in [-0.25, -0.2) is 8.42 Å². The zero-order valence-corrected chi connectivity index (χ0v) is 23.0. The number of halogens is 1. The van der Waals surface area contributed by atoms with Crippen LogP contribution < -0.4 is 9.62 Å². The Morgan fingerprint density at radius 2 is 1.59 bits per heavy atom. The Hall–Kier alpha value is -3.36. The first kappa shape index (κ1) is 28.2. The highest BCUT2D eigenvalue weighted by atomic mass is 35.5. The highest BCUT2D eigenvalue weighted by molar-refractivity contribution is 7.92. The number of hydrogen-bond acceptors (Lipinski definition) is 4. The largest absolute Gasteiger partial charge is 0.357 e. The summed E-state index contributed by atoms with van der Waals surface area (Å²) in [5.74, 6) is -0.826. The van der Waals surface area contributed by atoms with Gasteiger partial charge in [-0.3, -0.25) is 13.9 Å². The van der Waals surface area contributed by atoms with Gasteiger partial charge in [-0.15, -0.1) is 0 Å². The van der Waals surface area contributed by atoms with Crippen LogP contribution in [0.2, 0.25) is 5.02 Å². The Morgan fingerprint density at radius 1 is 0.946 bits per heavy atom. The van der Waals surface area contributed by atoms with E-state index in [9.17, 15) is 18.0 Å². The van der Waals surface area contributed by atoms with Crippen LogP contribution in [0.4, 0.5) is 5.69 Å². The molecule has 0 unspecified atom stereocenters. The van der Waals surface area contributed by atoms with E-state index >= 15 is 0 Å². The van der Waals surface area contributed by atoms with Crippen LogP contribution in [0.3, 0.4) is 0 Å². The summed E-state index contributed by atoms with van der Waals surface area (Å²) in [6.45, 7) is 5.04. The van der Waals surface area contributed by atoms with Crippen molar-refractivity contribution in [2.24, 2.45) is 0 Å². The fourth-order valence-corrected chi connectivity index (χ4v) is 5.72. The zero-order chi connectivity index (χ0) is 27.2. The molecule has 7 nitrogen and oxygen atoms in total. The second-order valence-corrected chi connectivity index (χ2v) is 11.0. The molecule has 0 spiro atoms. The second-order valence-electron chi connectivity index (χ2n) is 8.75. The van der Waals surface area contributed by atoms with E-state index in [1.54, 1.807) is 37.3 Å². The van der Waals surface area contributed by atoms with E-state index in [2.05, 4.69) is 5.32 Å². The van der Waals surface area contributed by atoms with E-state index in [1.807, 2.05) is 44.2 Å². The summed E-state index contributed by atoms with van der Waals surface area (Å²) in [5, 5.41) is 3.00. The maximum atomic E-state index is 13.9. The second kappa shape index (κ2) is 12.3. The number of nitrogens with zero attached hydrogens (tertiary/aromatic N) is 2. The number of anilines is 1. The summed E-state index contributed by atoms with van der Waals surface area (Å²) in [6.07, 6.45) is 0.360. The molecule has 1 N–H and O–H groups in total. The lowest BCUT2D eigenvalue weighted by Crippen LogP contribution is -2.51. The minimum absolute atomic E-state index is 0.0539. The van der Waals surface area contributed by atoms with Gasteiger partial charge in [0.05, 0.1) is 10.6 Å². The third kappa shape index (κ3) is 6.50. The standard InChI is InChI=1S/C28H32ClN3O4S/c1-5-25(28(34)30-4)31(18-22-10-7-6-8-11-22)27(33)19-32(26-13-9-12-24(29)21(26)3)37(35,36)23-16-14-20(2)15-17-23/h6-17,25H,5,18-19H2,1-4H3,(H,30,34)/t25-/m0/s1. The molecular formula is C28H32ClN3O4S. The van der Waals surface area contributed by atoms with Crippen molar-refractivity contribution < 1.29 is 18.0 Å². The molecule has 37 heavy (non-hydrogen) atoms. The highest BCUT2D eigenvalue weighted by Gasteiger charge is 2.34. The Labute approximate surface area is 224 Å². The Kier molecular flexibility index (Phi) is 9.34. The van der Waals surface area contributed by atoms with Crippen molar-refractivity contribution in [3.63, 3.8) is 0 Å². The molecule has 3 aromatic rings. The van der Waals surface area contributed by atoms with Crippen LogP contribution >= 0.6 is 11.6 Å². The molecular weight excluding hydrogens is 510 g/mol. The van der Waals surface area contributed by atoms with Crippen molar-refractivity contribution in [1.29, 1.82) is 0 Å². The molecule has 0 fully saturated rings. The van der Waals surface area contributed by atoms with Gasteiger partial charge in [0, 0.05) is 18.6 Å². The van der Waals surface area contributed by atoms with E-state index in [4.69, 9.17) is 11.6 Å². The van der Waals surface area contributed by atoms with Crippen molar-refractivity contribution in [3.05, 3.63) is 94.5 Å². The molecule has 2 amide bonds. The average molecular weight is 542 g/mol. The molecule has 0 aliphatic rings. The summed E-state index contributed by atoms with van der Waals surface area (Å²) in [5.41, 5.74) is 2.56. The molecule has 1 atom stereocenters. The van der Waals surface area contributed by atoms with E-state index < -0.39 is 28.5 Å². The average Bonchev–Trinajstić information content (AvgIpc) is 2.89. The molecule has 0 saturated heterocycles. The normalized spacial score (nSPS) is 12.0. The van der Waals surface area contributed by atoms with Gasteiger partial charge in [0.1, 0.15) is 12.6 Å². The number of carbonyl (C=O) groups excluding carboxylic acids is 2. The predicted octanol–water partition coefficient (Wildman–Crippen LogP) is 4.71. The Morgan fingerprint density at radius 3 is 2.19 bits per heavy atom. The van der Waals surface area contributed by atoms with Crippen LogP contribution in [0.25, 0.3) is 0 Å². The first-order chi connectivity index (χ1) is 17.6. The summed E-state index contributed by atoms with van der Waals surface area (Å²) < 4.78 is 28.9. The summed E-state index contributed by atoms with van der Waals surface area (Å²) in [4.78, 5) is 28.1. The number of aryl methyl sites for hydroxylation is 1. The number of hydrogen-bond donors (Lipinski definition) is 1. The van der Waals surface area contributed by atoms with Gasteiger partial charge in [0.25, 0.3) is 10.0 Å². The lowest BCUT2D eigenvalue weighted by molar-refractivity contribution is -0.140. The lowest BCUT2D eigenvalue weighted by Gasteiger charge is -2.33. The van der Waals surface area contributed by atoms with Crippen molar-refractivity contribution >= 4 is 39.1 Å². The Balaban J connectivity index is 2.10. The smallest absolute Gasteiger partial charge is 0.264 e. The van der Waals surface area contributed by atoms with E-state index in [-0.39, 0.29) is 17.3 Å². The van der Waals surface area contributed by atoms with Crippen LogP contribution in [0.5, 0.6) is 0 Å². The zero-order valence-electron chi connectivity index (χ0n) is 21.4. The van der Waals surface area contributed by atoms with E-state index in [0.29, 0.717) is 22.7 Å². The summed E-state index contributed by atoms with van der Waals surface area (Å²) in [7, 11) is -2.63. The number of sulfonamides is 1. The van der Waals surface area contributed by atoms with Gasteiger partial charge < -0.3 is 10.2 Å². The van der Waals surface area contributed by atoms with Gasteiger partial charge in [-0.2, -0.15) is 0 Å². The molecule has 0 radical (unpaired) electrons. The fourth-order valence-electron chi connectivity index (χ4n) is 4.08. The minimum Gasteiger partial charge on any atom is -0.357 e. The molecule has 3 rings (SSSR count). The van der Waals surface area contributed by atoms with Crippen molar-refractivity contribution in [2.45, 2.75) is 44.7 Å². The van der Waals surface area contributed by atoms with Crippen LogP contribution in [0.15, 0.2) is 77.7 Å². The predicted molar refractivity (Wildman–Crippen MR) is 147 cm³/mol. The molecule has 0 saturated carbocycles. The van der Waals surface area contributed by atoms with Gasteiger partial charge in [0.2, 0.25) is 11.8 Å². The lowest BCUT2D eigenvalue weighted by atomic mass is 10.1. The molecule has 196 valence electrons. The van der Waals surface area contributed by atoms with Crippen LogP contribution in [0.1, 0.15) is 30.0 Å². The quantitative estimate of drug-likeness (QED) is 0.403. The Bertz CT molecular complexity index is 1350. The van der Waals surface area contributed by atoms with E-state index in [1.165, 1.54) is 24.1 Å². The first-order valence-corrected chi connectivity index (χ1v) is 13.8. The number of carbonyl (C=O) groups is 2. The van der Waals surface area contributed by atoms with Crippen molar-refractivity contribution in [1.82, 2.24) is 10.2 Å². The van der Waals surface area contributed by atoms with Crippen LogP contribution in [-0.4, -0.2) is 44.8 Å². The maximum absolute atomic E-state index is 13.9. The molecule has 0 aliphatic heterocycles. The van der Waals surface area contributed by atoms with Crippen LogP contribution in [-0.2, 0) is 26.2 Å². The molecule has 0 aliphatic carbocycles. The van der Waals surface area contributed by atoms with Gasteiger partial charge in [-0.05, 0) is 55.7 Å².